The molecule has 0 aliphatic carbocycles. The Morgan fingerprint density at radius 1 is 1.10 bits per heavy atom. The van der Waals surface area contributed by atoms with Gasteiger partial charge in [-0.1, -0.05) is 29.8 Å². The van der Waals surface area contributed by atoms with E-state index in [9.17, 15) is 4.79 Å². The van der Waals surface area contributed by atoms with Gasteiger partial charge in [-0.3, -0.25) is 4.79 Å². The van der Waals surface area contributed by atoms with Crippen molar-refractivity contribution in [2.45, 2.75) is 41.5 Å². The van der Waals surface area contributed by atoms with Crippen LogP contribution in [0.2, 0.25) is 0 Å². The highest BCUT2D eigenvalue weighted by atomic mass is 16.5. The molecule has 0 unspecified atom stereocenters. The molecule has 0 aliphatic heterocycles. The minimum atomic E-state index is 0.0173. The van der Waals surface area contributed by atoms with Crippen LogP contribution >= 0.6 is 0 Å². The number of amides is 1. The summed E-state index contributed by atoms with van der Waals surface area (Å²) in [5, 5.41) is 1.03. The first-order chi connectivity index (χ1) is 14.4. The Labute approximate surface area is 179 Å². The van der Waals surface area contributed by atoms with Gasteiger partial charge in [0, 0.05) is 41.2 Å². The van der Waals surface area contributed by atoms with Crippen molar-refractivity contribution in [1.82, 2.24) is 4.90 Å². The van der Waals surface area contributed by atoms with E-state index >= 15 is 0 Å². The predicted molar refractivity (Wildman–Crippen MR) is 124 cm³/mol. The molecule has 0 N–H and O–H groups in total. The molecule has 1 aromatic heterocycles. The second kappa shape index (κ2) is 9.21. The molecule has 1 heterocycles. The van der Waals surface area contributed by atoms with E-state index in [1.807, 2.05) is 45.8 Å². The topological polar surface area (TPSA) is 42.7 Å². The monoisotopic (exact) mass is 405 g/mol. The molecule has 3 aromatic rings. The summed E-state index contributed by atoms with van der Waals surface area (Å²) in [6.45, 7) is 13.9. The Balaban J connectivity index is 2.19. The number of rotatable bonds is 7. The number of carbonyl (C=O) groups excluding carboxylic acids is 1. The second-order valence-corrected chi connectivity index (χ2v) is 7.54. The maximum Gasteiger partial charge on any atom is 0.246 e. The van der Waals surface area contributed by atoms with Crippen molar-refractivity contribution >= 4 is 22.4 Å². The molecule has 0 saturated carbocycles. The number of hydrogen-bond donors (Lipinski definition) is 0. The fourth-order valence-electron chi connectivity index (χ4n) is 3.79. The molecule has 1 amide bonds. The van der Waals surface area contributed by atoms with Crippen molar-refractivity contribution in [1.29, 1.82) is 0 Å². The van der Waals surface area contributed by atoms with E-state index in [0.29, 0.717) is 19.7 Å². The third-order valence-electron chi connectivity index (χ3n) is 5.54. The maximum atomic E-state index is 12.7. The van der Waals surface area contributed by atoms with Gasteiger partial charge in [0.1, 0.15) is 11.3 Å². The quantitative estimate of drug-likeness (QED) is 0.428. The van der Waals surface area contributed by atoms with E-state index in [-0.39, 0.29) is 5.91 Å². The summed E-state index contributed by atoms with van der Waals surface area (Å²) in [6.07, 6.45) is 3.52. The lowest BCUT2D eigenvalue weighted by molar-refractivity contribution is -0.125. The zero-order valence-electron chi connectivity index (χ0n) is 18.8. The van der Waals surface area contributed by atoms with Crippen LogP contribution in [0.4, 0.5) is 0 Å². The number of carbonyl (C=O) groups is 1. The van der Waals surface area contributed by atoms with Crippen molar-refractivity contribution < 1.29 is 13.9 Å². The van der Waals surface area contributed by atoms with Gasteiger partial charge in [0.2, 0.25) is 5.91 Å². The average molecular weight is 406 g/mol. The second-order valence-electron chi connectivity index (χ2n) is 7.54. The zero-order valence-corrected chi connectivity index (χ0v) is 18.8. The molecule has 4 heteroatoms. The Bertz CT molecular complexity index is 1070. The Kier molecular flexibility index (Phi) is 6.66. The van der Waals surface area contributed by atoms with Gasteiger partial charge in [0.15, 0.2) is 0 Å². The highest BCUT2D eigenvalue weighted by molar-refractivity contribution is 6.01. The summed E-state index contributed by atoms with van der Waals surface area (Å²) in [7, 11) is 0. The van der Waals surface area contributed by atoms with Crippen LogP contribution in [0.5, 0.6) is 5.75 Å². The van der Waals surface area contributed by atoms with Crippen LogP contribution in [0, 0.1) is 13.8 Å². The molecule has 0 fully saturated rings. The molecule has 158 valence electrons. The molecule has 0 spiro atoms. The number of ether oxygens (including phenoxy) is 1. The predicted octanol–water partition coefficient (Wildman–Crippen LogP) is 6.39. The van der Waals surface area contributed by atoms with Crippen molar-refractivity contribution in [2.75, 3.05) is 19.7 Å². The highest BCUT2D eigenvalue weighted by Gasteiger charge is 2.19. The first kappa shape index (κ1) is 21.7. The molecule has 0 aliphatic rings. The Morgan fingerprint density at radius 3 is 2.37 bits per heavy atom. The third-order valence-corrected chi connectivity index (χ3v) is 5.54. The number of fused-ring (bicyclic) bond motifs is 1. The van der Waals surface area contributed by atoms with Crippen LogP contribution in [0.1, 0.15) is 44.4 Å². The summed E-state index contributed by atoms with van der Waals surface area (Å²) in [5.41, 5.74) is 6.95. The fraction of sp³-hybridized carbons (Fsp3) is 0.346. The summed E-state index contributed by atoms with van der Waals surface area (Å²) >= 11 is 0. The fourth-order valence-corrected chi connectivity index (χ4v) is 3.79. The Morgan fingerprint density at radius 2 is 1.77 bits per heavy atom. The van der Waals surface area contributed by atoms with Crippen LogP contribution < -0.4 is 4.74 Å². The zero-order chi connectivity index (χ0) is 21.8. The van der Waals surface area contributed by atoms with Gasteiger partial charge in [0.25, 0.3) is 0 Å². The molecular weight excluding hydrogens is 374 g/mol. The van der Waals surface area contributed by atoms with Crippen molar-refractivity contribution in [3.8, 4) is 16.9 Å². The smallest absolute Gasteiger partial charge is 0.246 e. The number of furan rings is 1. The lowest BCUT2D eigenvalue weighted by Gasteiger charge is -2.18. The molecule has 0 bridgehead atoms. The van der Waals surface area contributed by atoms with Gasteiger partial charge < -0.3 is 14.1 Å². The van der Waals surface area contributed by atoms with Crippen LogP contribution in [-0.4, -0.2) is 30.5 Å². The summed E-state index contributed by atoms with van der Waals surface area (Å²) < 4.78 is 12.0. The van der Waals surface area contributed by atoms with Crippen molar-refractivity contribution in [3.05, 3.63) is 59.4 Å². The van der Waals surface area contributed by atoms with Gasteiger partial charge in [-0.05, 0) is 58.7 Å². The number of likely N-dealkylation sites (N-methyl/N-ethyl adjacent to an activating group) is 1. The average Bonchev–Trinajstić information content (AvgIpc) is 3.15. The maximum absolute atomic E-state index is 12.7. The van der Waals surface area contributed by atoms with Crippen molar-refractivity contribution in [2.24, 2.45) is 0 Å². The molecule has 4 nitrogen and oxygen atoms in total. The molecule has 0 radical (unpaired) electrons. The van der Waals surface area contributed by atoms with Gasteiger partial charge >= 0.3 is 0 Å². The molecule has 3 rings (SSSR count). The third kappa shape index (κ3) is 4.13. The first-order valence-corrected chi connectivity index (χ1v) is 10.6. The van der Waals surface area contributed by atoms with Gasteiger partial charge in [-0.25, -0.2) is 0 Å². The molecule has 2 aromatic carbocycles. The van der Waals surface area contributed by atoms with Crippen molar-refractivity contribution in [3.63, 3.8) is 0 Å². The summed E-state index contributed by atoms with van der Waals surface area (Å²) in [5.74, 6) is 0.791. The van der Waals surface area contributed by atoms with E-state index in [4.69, 9.17) is 9.15 Å². The van der Waals surface area contributed by atoms with E-state index in [1.165, 1.54) is 5.56 Å². The van der Waals surface area contributed by atoms with Crippen LogP contribution in [0.15, 0.2) is 47.1 Å². The summed E-state index contributed by atoms with van der Waals surface area (Å²) in [4.78, 5) is 14.5. The Hall–Kier alpha value is -3.01. The van der Waals surface area contributed by atoms with E-state index in [2.05, 4.69) is 37.3 Å². The minimum Gasteiger partial charge on any atom is -0.493 e. The molecule has 30 heavy (non-hydrogen) atoms. The largest absolute Gasteiger partial charge is 0.493 e. The first-order valence-electron chi connectivity index (χ1n) is 10.6. The summed E-state index contributed by atoms with van der Waals surface area (Å²) in [6, 6.07) is 10.5. The van der Waals surface area contributed by atoms with Crippen LogP contribution in [0.25, 0.3) is 27.7 Å². The normalized spacial score (nSPS) is 11.7. The van der Waals surface area contributed by atoms with Crippen LogP contribution in [-0.2, 0) is 4.79 Å². The van der Waals surface area contributed by atoms with Crippen LogP contribution in [0.3, 0.4) is 0 Å². The van der Waals surface area contributed by atoms with Gasteiger partial charge in [0.05, 0.1) is 12.9 Å². The lowest BCUT2D eigenvalue weighted by atomic mass is 9.96. The van der Waals surface area contributed by atoms with E-state index < -0.39 is 0 Å². The number of hydrogen-bond acceptors (Lipinski definition) is 3. The number of benzene rings is 2. The number of aryl methyl sites for hydroxylation is 2. The number of nitrogens with zero attached hydrogens (tertiary/aromatic N) is 1. The molecule has 0 atom stereocenters. The number of allylic oxidation sites excluding steroid dienone is 1. The van der Waals surface area contributed by atoms with E-state index in [0.717, 1.165) is 44.5 Å². The minimum absolute atomic E-state index is 0.0173. The molecule has 0 saturated heterocycles. The van der Waals surface area contributed by atoms with E-state index in [1.54, 1.807) is 6.08 Å². The molecular formula is C26H31NO3. The van der Waals surface area contributed by atoms with Gasteiger partial charge in [-0.15, -0.1) is 0 Å². The SMILES string of the molecule is CCOc1c(/C(C)=C/C(=O)N(CC)CC)cc2c(-c3ccc(C)cc3)coc2c1C. The standard InChI is InChI=1S/C26H31NO3/c1-7-27(8-2)24(28)14-18(5)21-15-22-23(20-12-10-17(4)11-13-20)16-30-26(22)19(6)25(21)29-9-3/h10-16H,7-9H2,1-6H3/b18-14+. The van der Waals surface area contributed by atoms with Gasteiger partial charge in [-0.2, -0.15) is 0 Å². The highest BCUT2D eigenvalue weighted by Crippen LogP contribution is 2.40. The lowest BCUT2D eigenvalue weighted by Crippen LogP contribution is -2.28.